The molecule has 0 aliphatic heterocycles. The lowest BCUT2D eigenvalue weighted by Crippen LogP contribution is -2.00. The van der Waals surface area contributed by atoms with E-state index in [9.17, 15) is 9.90 Å². The zero-order valence-corrected chi connectivity index (χ0v) is 11.4. The fourth-order valence-corrected chi connectivity index (χ4v) is 2.48. The van der Waals surface area contributed by atoms with Gasteiger partial charge in [-0.3, -0.25) is 4.79 Å². The van der Waals surface area contributed by atoms with Gasteiger partial charge in [0.2, 0.25) is 0 Å². The standard InChI is InChI=1S/C15H13ClN2O2/c16-13-5-10(14-6-11(7-19)17-8-18-14)3-4-12(13)15(20)9-1-2-9/h3-9,15,20H,1-2H2. The Bertz CT molecular complexity index is 656. The van der Waals surface area contributed by atoms with Crippen molar-refractivity contribution in [2.75, 3.05) is 0 Å². The lowest BCUT2D eigenvalue weighted by molar-refractivity contribution is 0.111. The molecular formula is C15H13ClN2O2. The summed E-state index contributed by atoms with van der Waals surface area (Å²) >= 11 is 6.25. The van der Waals surface area contributed by atoms with Crippen LogP contribution in [0.1, 0.15) is 35.0 Å². The van der Waals surface area contributed by atoms with Crippen molar-refractivity contribution in [2.24, 2.45) is 5.92 Å². The van der Waals surface area contributed by atoms with Gasteiger partial charge in [-0.15, -0.1) is 0 Å². The Morgan fingerprint density at radius 3 is 2.75 bits per heavy atom. The quantitative estimate of drug-likeness (QED) is 0.878. The van der Waals surface area contributed by atoms with Crippen LogP contribution in [0.4, 0.5) is 0 Å². The van der Waals surface area contributed by atoms with E-state index in [1.807, 2.05) is 12.1 Å². The molecule has 102 valence electrons. The second-order valence-electron chi connectivity index (χ2n) is 4.96. The number of benzene rings is 1. The minimum Gasteiger partial charge on any atom is -0.388 e. The van der Waals surface area contributed by atoms with Crippen molar-refractivity contribution in [3.05, 3.63) is 46.9 Å². The number of hydrogen-bond acceptors (Lipinski definition) is 4. The van der Waals surface area contributed by atoms with E-state index in [0.717, 1.165) is 24.0 Å². The molecular weight excluding hydrogens is 276 g/mol. The number of carbonyl (C=O) groups is 1. The summed E-state index contributed by atoms with van der Waals surface area (Å²) in [6.45, 7) is 0. The normalized spacial score (nSPS) is 15.9. The molecule has 0 spiro atoms. The molecule has 1 fully saturated rings. The van der Waals surface area contributed by atoms with Gasteiger partial charge in [0.1, 0.15) is 12.0 Å². The van der Waals surface area contributed by atoms with Gasteiger partial charge in [-0.1, -0.05) is 23.7 Å². The first kappa shape index (κ1) is 13.2. The van der Waals surface area contributed by atoms with Crippen LogP contribution < -0.4 is 0 Å². The Balaban J connectivity index is 1.94. The highest BCUT2D eigenvalue weighted by molar-refractivity contribution is 6.31. The van der Waals surface area contributed by atoms with E-state index in [-0.39, 0.29) is 0 Å². The highest BCUT2D eigenvalue weighted by Gasteiger charge is 2.31. The van der Waals surface area contributed by atoms with Crippen molar-refractivity contribution in [3.63, 3.8) is 0 Å². The van der Waals surface area contributed by atoms with Crippen LogP contribution in [-0.4, -0.2) is 21.4 Å². The molecule has 1 atom stereocenters. The molecule has 4 nitrogen and oxygen atoms in total. The van der Waals surface area contributed by atoms with Crippen molar-refractivity contribution in [1.82, 2.24) is 9.97 Å². The topological polar surface area (TPSA) is 63.1 Å². The zero-order chi connectivity index (χ0) is 14.1. The first-order chi connectivity index (χ1) is 9.69. The summed E-state index contributed by atoms with van der Waals surface area (Å²) in [5, 5.41) is 10.6. The summed E-state index contributed by atoms with van der Waals surface area (Å²) in [5.74, 6) is 0.332. The fourth-order valence-electron chi connectivity index (χ4n) is 2.19. The highest BCUT2D eigenvalue weighted by atomic mass is 35.5. The zero-order valence-electron chi connectivity index (χ0n) is 10.7. The number of hydrogen-bond donors (Lipinski definition) is 1. The molecule has 0 radical (unpaired) electrons. The molecule has 3 rings (SSSR count). The van der Waals surface area contributed by atoms with Gasteiger partial charge in [-0.2, -0.15) is 0 Å². The number of aldehydes is 1. The van der Waals surface area contributed by atoms with Crippen molar-refractivity contribution < 1.29 is 9.90 Å². The maximum absolute atomic E-state index is 10.7. The highest BCUT2D eigenvalue weighted by Crippen LogP contribution is 2.43. The van der Waals surface area contributed by atoms with E-state index in [1.54, 1.807) is 12.1 Å². The predicted octanol–water partition coefficient (Wildman–Crippen LogP) is 3.05. The maximum atomic E-state index is 10.7. The summed E-state index contributed by atoms with van der Waals surface area (Å²) < 4.78 is 0. The summed E-state index contributed by atoms with van der Waals surface area (Å²) in [5.41, 5.74) is 2.51. The third-order valence-corrected chi connectivity index (χ3v) is 3.82. The average Bonchev–Trinajstić information content (AvgIpc) is 3.31. The molecule has 1 unspecified atom stereocenters. The van der Waals surface area contributed by atoms with Crippen LogP contribution in [0.15, 0.2) is 30.6 Å². The van der Waals surface area contributed by atoms with Crippen molar-refractivity contribution >= 4 is 17.9 Å². The largest absolute Gasteiger partial charge is 0.388 e. The van der Waals surface area contributed by atoms with Crippen LogP contribution in [0.3, 0.4) is 0 Å². The molecule has 1 saturated carbocycles. The minimum atomic E-state index is -0.493. The molecule has 1 N–H and O–H groups in total. The number of carbonyl (C=O) groups excluding carboxylic acids is 1. The Hall–Kier alpha value is -1.78. The Kier molecular flexibility index (Phi) is 3.51. The van der Waals surface area contributed by atoms with E-state index in [1.165, 1.54) is 6.33 Å². The van der Waals surface area contributed by atoms with Crippen LogP contribution in [0.5, 0.6) is 0 Å². The van der Waals surface area contributed by atoms with Crippen molar-refractivity contribution in [3.8, 4) is 11.3 Å². The Morgan fingerprint density at radius 1 is 1.30 bits per heavy atom. The number of aromatic nitrogens is 2. The molecule has 1 aliphatic rings. The van der Waals surface area contributed by atoms with Crippen LogP contribution in [0.25, 0.3) is 11.3 Å². The van der Waals surface area contributed by atoms with E-state index < -0.39 is 6.10 Å². The second-order valence-corrected chi connectivity index (χ2v) is 5.37. The van der Waals surface area contributed by atoms with Crippen LogP contribution in [0.2, 0.25) is 5.02 Å². The Labute approximate surface area is 121 Å². The van der Waals surface area contributed by atoms with Gasteiger partial charge in [0.05, 0.1) is 11.8 Å². The van der Waals surface area contributed by atoms with E-state index >= 15 is 0 Å². The molecule has 1 aromatic carbocycles. The van der Waals surface area contributed by atoms with Gasteiger partial charge in [-0.25, -0.2) is 9.97 Å². The Morgan fingerprint density at radius 2 is 2.10 bits per heavy atom. The average molecular weight is 289 g/mol. The first-order valence-corrected chi connectivity index (χ1v) is 6.82. The van der Waals surface area contributed by atoms with Crippen LogP contribution in [0, 0.1) is 5.92 Å². The SMILES string of the molecule is O=Cc1cc(-c2ccc(C(O)C3CC3)c(Cl)c2)ncn1. The van der Waals surface area contributed by atoms with E-state index in [4.69, 9.17) is 11.6 Å². The van der Waals surface area contributed by atoms with Crippen LogP contribution >= 0.6 is 11.6 Å². The van der Waals surface area contributed by atoms with Gasteiger partial charge >= 0.3 is 0 Å². The third kappa shape index (κ3) is 2.57. The molecule has 1 aliphatic carbocycles. The number of nitrogens with zero attached hydrogens (tertiary/aromatic N) is 2. The summed E-state index contributed by atoms with van der Waals surface area (Å²) in [7, 11) is 0. The number of aliphatic hydroxyl groups excluding tert-OH is 1. The molecule has 1 aromatic heterocycles. The molecule has 1 heterocycles. The lowest BCUT2D eigenvalue weighted by atomic mass is 10.0. The molecule has 5 heteroatoms. The van der Waals surface area contributed by atoms with Gasteiger partial charge in [0, 0.05) is 10.6 Å². The molecule has 2 aromatic rings. The first-order valence-electron chi connectivity index (χ1n) is 6.44. The monoisotopic (exact) mass is 288 g/mol. The lowest BCUT2D eigenvalue weighted by Gasteiger charge is -2.12. The second kappa shape index (κ2) is 5.31. The number of aliphatic hydroxyl groups is 1. The number of rotatable bonds is 4. The van der Waals surface area contributed by atoms with Gasteiger partial charge < -0.3 is 5.11 Å². The molecule has 0 amide bonds. The van der Waals surface area contributed by atoms with Gasteiger partial charge in [-0.05, 0) is 36.5 Å². The predicted molar refractivity (Wildman–Crippen MR) is 75.5 cm³/mol. The van der Waals surface area contributed by atoms with E-state index in [2.05, 4.69) is 9.97 Å². The van der Waals surface area contributed by atoms with Crippen molar-refractivity contribution in [2.45, 2.75) is 18.9 Å². The summed E-state index contributed by atoms with van der Waals surface area (Å²) in [6.07, 6.45) is 3.63. The molecule has 0 saturated heterocycles. The van der Waals surface area contributed by atoms with Crippen molar-refractivity contribution in [1.29, 1.82) is 0 Å². The van der Waals surface area contributed by atoms with Crippen LogP contribution in [-0.2, 0) is 0 Å². The van der Waals surface area contributed by atoms with Gasteiger partial charge in [0.25, 0.3) is 0 Å². The summed E-state index contributed by atoms with van der Waals surface area (Å²) in [4.78, 5) is 18.7. The maximum Gasteiger partial charge on any atom is 0.168 e. The number of halogens is 1. The minimum absolute atomic E-state index is 0.327. The summed E-state index contributed by atoms with van der Waals surface area (Å²) in [6, 6.07) is 7.04. The smallest absolute Gasteiger partial charge is 0.168 e. The van der Waals surface area contributed by atoms with Gasteiger partial charge in [0.15, 0.2) is 6.29 Å². The van der Waals surface area contributed by atoms with E-state index in [0.29, 0.717) is 28.6 Å². The molecule has 0 bridgehead atoms. The fraction of sp³-hybridized carbons (Fsp3) is 0.267. The third-order valence-electron chi connectivity index (χ3n) is 3.49. The molecule has 20 heavy (non-hydrogen) atoms.